The molecular weight excluding hydrogens is 288 g/mol. The van der Waals surface area contributed by atoms with Crippen molar-refractivity contribution >= 4 is 11.7 Å². The summed E-state index contributed by atoms with van der Waals surface area (Å²) in [6.07, 6.45) is 0. The summed E-state index contributed by atoms with van der Waals surface area (Å²) < 4.78 is 0. The Morgan fingerprint density at radius 1 is 0.870 bits per heavy atom. The molecule has 0 aromatic carbocycles. The zero-order chi connectivity index (χ0) is 18.3. The third-order valence-electron chi connectivity index (χ3n) is 3.16. The zero-order valence-corrected chi connectivity index (χ0v) is 16.6. The number of aliphatic imine (C=N–C) groups is 1. The van der Waals surface area contributed by atoms with E-state index in [1.807, 2.05) is 55.4 Å². The van der Waals surface area contributed by atoms with Gasteiger partial charge in [-0.05, 0) is 69.2 Å². The number of nitrogens with zero attached hydrogens (tertiary/aromatic N) is 2. The first kappa shape index (κ1) is 21.5. The molecule has 0 unspecified atom stereocenters. The Morgan fingerprint density at radius 2 is 1.35 bits per heavy atom. The number of hydrogen-bond acceptors (Lipinski definition) is 3. The minimum absolute atomic E-state index is 0.0535. The molecule has 0 rings (SSSR count). The van der Waals surface area contributed by atoms with Gasteiger partial charge in [0.05, 0.1) is 0 Å². The lowest BCUT2D eigenvalue weighted by atomic mass is 10.2. The molecular formula is C18H36N4O. The van der Waals surface area contributed by atoms with Gasteiger partial charge in [0.25, 0.3) is 5.91 Å². The third-order valence-corrected chi connectivity index (χ3v) is 3.16. The molecule has 0 spiro atoms. The summed E-state index contributed by atoms with van der Waals surface area (Å²) in [5.74, 6) is 0.352. The minimum atomic E-state index is -0.0789. The molecule has 0 aromatic heterocycles. The van der Waals surface area contributed by atoms with E-state index in [9.17, 15) is 4.79 Å². The number of amidine groups is 1. The highest BCUT2D eigenvalue weighted by Gasteiger charge is 2.25. The zero-order valence-electron chi connectivity index (χ0n) is 16.6. The summed E-state index contributed by atoms with van der Waals surface area (Å²) in [4.78, 5) is 19.4. The first-order valence-electron chi connectivity index (χ1n) is 8.59. The van der Waals surface area contributed by atoms with E-state index in [1.54, 1.807) is 4.90 Å². The number of carbonyl (C=O) groups is 1. The van der Waals surface area contributed by atoms with Crippen LogP contribution in [0.2, 0.25) is 0 Å². The van der Waals surface area contributed by atoms with Gasteiger partial charge in [0, 0.05) is 35.6 Å². The van der Waals surface area contributed by atoms with Gasteiger partial charge in [-0.15, -0.1) is 0 Å². The Labute approximate surface area is 142 Å². The Morgan fingerprint density at radius 3 is 1.70 bits per heavy atom. The second-order valence-electron chi connectivity index (χ2n) is 7.15. The average Bonchev–Trinajstić information content (AvgIpc) is 2.35. The molecule has 0 saturated carbocycles. The highest BCUT2D eigenvalue weighted by Crippen LogP contribution is 2.14. The van der Waals surface area contributed by atoms with Gasteiger partial charge >= 0.3 is 0 Å². The number of carbonyl (C=O) groups excluding carboxylic acids is 1. The monoisotopic (exact) mass is 324 g/mol. The van der Waals surface area contributed by atoms with Crippen LogP contribution >= 0.6 is 0 Å². The summed E-state index contributed by atoms with van der Waals surface area (Å²) in [5, 5.41) is 6.58. The molecule has 5 heteroatoms. The standard InChI is InChI=1S/C18H36N4O/c1-11(2)19-15(9)16(10)22(14(7)8)18(23)17(20-12(3)4)21-13(5)6/h11-14,19H,1-10H3,(H,20,21). The van der Waals surface area contributed by atoms with Crippen LogP contribution in [0.1, 0.15) is 69.2 Å². The van der Waals surface area contributed by atoms with Crippen molar-refractivity contribution in [3.05, 3.63) is 11.4 Å². The highest BCUT2D eigenvalue weighted by atomic mass is 16.2. The molecule has 0 aromatic rings. The molecule has 0 aliphatic heterocycles. The van der Waals surface area contributed by atoms with Crippen LogP contribution < -0.4 is 10.6 Å². The second-order valence-corrected chi connectivity index (χ2v) is 7.15. The minimum Gasteiger partial charge on any atom is -0.385 e. The first-order valence-corrected chi connectivity index (χ1v) is 8.59. The van der Waals surface area contributed by atoms with Crippen LogP contribution in [-0.4, -0.2) is 40.8 Å². The lowest BCUT2D eigenvalue weighted by molar-refractivity contribution is -0.124. The summed E-state index contributed by atoms with van der Waals surface area (Å²) in [6.45, 7) is 20.2. The molecule has 0 heterocycles. The topological polar surface area (TPSA) is 56.7 Å². The molecule has 1 amide bonds. The summed E-state index contributed by atoms with van der Waals surface area (Å²) in [7, 11) is 0. The van der Waals surface area contributed by atoms with Crippen LogP contribution in [0.3, 0.4) is 0 Å². The first-order chi connectivity index (χ1) is 10.5. The van der Waals surface area contributed by atoms with Crippen LogP contribution in [0.5, 0.6) is 0 Å². The summed E-state index contributed by atoms with van der Waals surface area (Å²) >= 11 is 0. The van der Waals surface area contributed by atoms with E-state index >= 15 is 0 Å². The fourth-order valence-corrected chi connectivity index (χ4v) is 2.29. The van der Waals surface area contributed by atoms with Crippen LogP contribution in [0, 0.1) is 0 Å². The fourth-order valence-electron chi connectivity index (χ4n) is 2.29. The molecule has 23 heavy (non-hydrogen) atoms. The van der Waals surface area contributed by atoms with E-state index in [2.05, 4.69) is 29.5 Å². The Bertz CT molecular complexity index is 448. The molecule has 134 valence electrons. The van der Waals surface area contributed by atoms with Gasteiger partial charge in [-0.1, -0.05) is 0 Å². The van der Waals surface area contributed by atoms with Crippen molar-refractivity contribution in [2.45, 2.75) is 93.4 Å². The van der Waals surface area contributed by atoms with Gasteiger partial charge in [-0.3, -0.25) is 9.79 Å². The van der Waals surface area contributed by atoms with Gasteiger partial charge < -0.3 is 15.5 Å². The van der Waals surface area contributed by atoms with Gasteiger partial charge in [-0.2, -0.15) is 0 Å². The number of hydrogen-bond donors (Lipinski definition) is 2. The normalized spacial score (nSPS) is 13.7. The van der Waals surface area contributed by atoms with E-state index in [-0.39, 0.29) is 24.0 Å². The molecule has 0 aliphatic rings. The lowest BCUT2D eigenvalue weighted by Crippen LogP contribution is -2.48. The van der Waals surface area contributed by atoms with Crippen molar-refractivity contribution in [1.82, 2.24) is 15.5 Å². The molecule has 2 N–H and O–H groups in total. The van der Waals surface area contributed by atoms with Crippen LogP contribution in [0.4, 0.5) is 0 Å². The molecule has 0 bridgehead atoms. The van der Waals surface area contributed by atoms with E-state index in [4.69, 9.17) is 0 Å². The fraction of sp³-hybridized carbons (Fsp3) is 0.778. The third kappa shape index (κ3) is 7.53. The van der Waals surface area contributed by atoms with Gasteiger partial charge in [0.2, 0.25) is 0 Å². The maximum atomic E-state index is 13.1. The van der Waals surface area contributed by atoms with Gasteiger partial charge in [-0.25, -0.2) is 0 Å². The maximum Gasteiger partial charge on any atom is 0.293 e. The molecule has 5 nitrogen and oxygen atoms in total. The lowest BCUT2D eigenvalue weighted by Gasteiger charge is -2.31. The van der Waals surface area contributed by atoms with Crippen molar-refractivity contribution in [2.24, 2.45) is 4.99 Å². The number of nitrogens with one attached hydrogen (secondary N) is 2. The molecule has 0 saturated heterocycles. The molecule has 0 aliphatic carbocycles. The van der Waals surface area contributed by atoms with Crippen molar-refractivity contribution in [2.75, 3.05) is 0 Å². The van der Waals surface area contributed by atoms with Crippen molar-refractivity contribution in [3.8, 4) is 0 Å². The van der Waals surface area contributed by atoms with Crippen molar-refractivity contribution < 1.29 is 4.79 Å². The predicted octanol–water partition coefficient (Wildman–Crippen LogP) is 3.28. The largest absolute Gasteiger partial charge is 0.385 e. The van der Waals surface area contributed by atoms with E-state index in [1.165, 1.54) is 0 Å². The number of allylic oxidation sites excluding steroid dienone is 2. The SMILES string of the molecule is CC(NC(C)C)=C(C)N(C(=O)C(=NC(C)C)NC(C)C)C(C)C. The van der Waals surface area contributed by atoms with Gasteiger partial charge in [0.1, 0.15) is 0 Å². The van der Waals surface area contributed by atoms with Crippen molar-refractivity contribution in [1.29, 1.82) is 0 Å². The Balaban J connectivity index is 5.70. The molecule has 0 radical (unpaired) electrons. The highest BCUT2D eigenvalue weighted by molar-refractivity contribution is 6.38. The average molecular weight is 325 g/mol. The molecule has 0 fully saturated rings. The predicted molar refractivity (Wildman–Crippen MR) is 99.5 cm³/mol. The van der Waals surface area contributed by atoms with E-state index < -0.39 is 0 Å². The summed E-state index contributed by atoms with van der Waals surface area (Å²) in [5.41, 5.74) is 1.94. The van der Waals surface area contributed by atoms with Crippen LogP contribution in [0.15, 0.2) is 16.4 Å². The Hall–Kier alpha value is -1.52. The van der Waals surface area contributed by atoms with E-state index in [0.29, 0.717) is 11.9 Å². The van der Waals surface area contributed by atoms with Crippen LogP contribution in [-0.2, 0) is 4.79 Å². The Kier molecular flexibility index (Phi) is 8.95. The summed E-state index contributed by atoms with van der Waals surface area (Å²) in [6, 6.07) is 0.599. The number of rotatable bonds is 6. The number of amides is 1. The maximum absolute atomic E-state index is 13.1. The van der Waals surface area contributed by atoms with E-state index in [0.717, 1.165) is 11.4 Å². The molecule has 0 atom stereocenters. The van der Waals surface area contributed by atoms with Crippen molar-refractivity contribution in [3.63, 3.8) is 0 Å². The smallest absolute Gasteiger partial charge is 0.293 e. The second kappa shape index (κ2) is 9.58. The van der Waals surface area contributed by atoms with Crippen LogP contribution in [0.25, 0.3) is 0 Å². The van der Waals surface area contributed by atoms with Gasteiger partial charge in [0.15, 0.2) is 5.84 Å². The quantitative estimate of drug-likeness (QED) is 0.582.